The highest BCUT2D eigenvalue weighted by molar-refractivity contribution is 7.91. The summed E-state index contributed by atoms with van der Waals surface area (Å²) in [6, 6.07) is 0. The molecule has 0 aromatic rings. The largest absolute Gasteiger partial charge is 0.616 e. The van der Waals surface area contributed by atoms with E-state index in [0.29, 0.717) is 0 Å². The summed E-state index contributed by atoms with van der Waals surface area (Å²) < 4.78 is 10.8. The van der Waals surface area contributed by atoms with E-state index in [2.05, 4.69) is 0 Å². The van der Waals surface area contributed by atoms with Gasteiger partial charge in [0.25, 0.3) is 0 Å². The first-order chi connectivity index (χ1) is 4.30. The third-order valence-electron chi connectivity index (χ3n) is 1.37. The minimum absolute atomic E-state index is 0.259. The molecule has 1 nitrogen and oxygen atoms in total. The maximum Gasteiger partial charge on any atom is 0.137 e. The van der Waals surface area contributed by atoms with Crippen LogP contribution in [0.3, 0.4) is 0 Å². The van der Waals surface area contributed by atoms with Gasteiger partial charge in [-0.1, -0.05) is 18.2 Å². The minimum atomic E-state index is -0.690. The number of rotatable bonds is 1. The summed E-state index contributed by atoms with van der Waals surface area (Å²) in [5.74, 6) is 0. The zero-order valence-corrected chi connectivity index (χ0v) is 6.23. The van der Waals surface area contributed by atoms with Gasteiger partial charge in [0.05, 0.1) is 6.26 Å². The van der Waals surface area contributed by atoms with Crippen LogP contribution in [0.1, 0.15) is 6.42 Å². The zero-order valence-electron chi connectivity index (χ0n) is 5.41. The van der Waals surface area contributed by atoms with E-state index in [4.69, 9.17) is 0 Å². The second kappa shape index (κ2) is 3.08. The molecular weight excluding hydrogens is 132 g/mol. The smallest absolute Gasteiger partial charge is 0.137 e. The summed E-state index contributed by atoms with van der Waals surface area (Å²) in [7, 11) is 0. The molecule has 0 heterocycles. The van der Waals surface area contributed by atoms with Gasteiger partial charge in [-0.05, 0) is 17.3 Å². The highest BCUT2D eigenvalue weighted by Crippen LogP contribution is 2.10. The Morgan fingerprint density at radius 2 is 2.33 bits per heavy atom. The molecule has 0 aliphatic heterocycles. The van der Waals surface area contributed by atoms with E-state index in [1.165, 1.54) is 0 Å². The van der Waals surface area contributed by atoms with Crippen LogP contribution >= 0.6 is 0 Å². The average molecular weight is 142 g/mol. The second-order valence-electron chi connectivity index (χ2n) is 2.09. The van der Waals surface area contributed by atoms with Gasteiger partial charge in [-0.3, -0.25) is 0 Å². The lowest BCUT2D eigenvalue weighted by atomic mass is 10.2. The molecule has 1 rings (SSSR count). The van der Waals surface area contributed by atoms with Gasteiger partial charge >= 0.3 is 0 Å². The van der Waals surface area contributed by atoms with Gasteiger partial charge in [0, 0.05) is 6.42 Å². The molecule has 0 saturated carbocycles. The van der Waals surface area contributed by atoms with Crippen LogP contribution in [0.2, 0.25) is 0 Å². The third-order valence-corrected chi connectivity index (χ3v) is 2.57. The van der Waals surface area contributed by atoms with Crippen molar-refractivity contribution in [3.05, 3.63) is 24.3 Å². The topological polar surface area (TPSA) is 23.1 Å². The number of hydrogen-bond acceptors (Lipinski definition) is 1. The first kappa shape index (κ1) is 6.90. The summed E-state index contributed by atoms with van der Waals surface area (Å²) >= 11 is -0.690. The maximum atomic E-state index is 10.8. The lowest BCUT2D eigenvalue weighted by Crippen LogP contribution is -2.17. The standard InChI is InChI=1S/C7H10OS/c1-9(8)7-5-3-2-4-6-7/h2-5,7H,6H2,1H3/t7?,9-/m0/s1. The van der Waals surface area contributed by atoms with Crippen LogP contribution in [0.15, 0.2) is 24.3 Å². The Kier molecular flexibility index (Phi) is 2.37. The molecule has 9 heavy (non-hydrogen) atoms. The van der Waals surface area contributed by atoms with Gasteiger partial charge in [0.1, 0.15) is 5.25 Å². The van der Waals surface area contributed by atoms with Crippen molar-refractivity contribution in [1.82, 2.24) is 0 Å². The van der Waals surface area contributed by atoms with Crippen molar-refractivity contribution < 1.29 is 4.55 Å². The quantitative estimate of drug-likeness (QED) is 0.505. The number of allylic oxidation sites excluding steroid dienone is 3. The van der Waals surface area contributed by atoms with Gasteiger partial charge in [-0.2, -0.15) is 0 Å². The fourth-order valence-electron chi connectivity index (χ4n) is 0.804. The van der Waals surface area contributed by atoms with Crippen molar-refractivity contribution >= 4 is 11.2 Å². The van der Waals surface area contributed by atoms with Crippen molar-refractivity contribution in [2.45, 2.75) is 11.7 Å². The molecule has 0 bridgehead atoms. The van der Waals surface area contributed by atoms with E-state index in [0.717, 1.165) is 6.42 Å². The molecule has 50 valence electrons. The maximum absolute atomic E-state index is 10.8. The highest BCUT2D eigenvalue weighted by atomic mass is 32.2. The molecule has 1 aliphatic rings. The van der Waals surface area contributed by atoms with Gasteiger partial charge in [-0.25, -0.2) is 0 Å². The van der Waals surface area contributed by atoms with Crippen molar-refractivity contribution in [2.24, 2.45) is 0 Å². The molecule has 2 atom stereocenters. The SMILES string of the molecule is C[S@+]([O-])C1C=CC=CC1. The fourth-order valence-corrected chi connectivity index (χ4v) is 1.50. The molecule has 0 aromatic heterocycles. The Labute approximate surface area is 58.6 Å². The van der Waals surface area contributed by atoms with Crippen molar-refractivity contribution in [3.8, 4) is 0 Å². The van der Waals surface area contributed by atoms with Gasteiger partial charge in [0.2, 0.25) is 0 Å². The zero-order chi connectivity index (χ0) is 6.69. The lowest BCUT2D eigenvalue weighted by Gasteiger charge is -2.14. The van der Waals surface area contributed by atoms with Crippen molar-refractivity contribution in [1.29, 1.82) is 0 Å². The number of hydrogen-bond donors (Lipinski definition) is 0. The van der Waals surface area contributed by atoms with Crippen LogP contribution in [0, 0.1) is 0 Å². The minimum Gasteiger partial charge on any atom is -0.616 e. The lowest BCUT2D eigenvalue weighted by molar-refractivity contribution is 0.593. The van der Waals surface area contributed by atoms with Crippen LogP contribution in [-0.2, 0) is 11.2 Å². The summed E-state index contributed by atoms with van der Waals surface area (Å²) in [6.45, 7) is 0. The van der Waals surface area contributed by atoms with Crippen LogP contribution in [0.4, 0.5) is 0 Å². The van der Waals surface area contributed by atoms with E-state index in [9.17, 15) is 4.55 Å². The molecule has 0 saturated heterocycles. The molecule has 1 unspecified atom stereocenters. The molecule has 0 spiro atoms. The molecule has 2 heteroatoms. The van der Waals surface area contributed by atoms with Crippen LogP contribution in [0.5, 0.6) is 0 Å². The highest BCUT2D eigenvalue weighted by Gasteiger charge is 2.13. The van der Waals surface area contributed by atoms with Crippen LogP contribution < -0.4 is 0 Å². The van der Waals surface area contributed by atoms with Crippen LogP contribution in [0.25, 0.3) is 0 Å². The van der Waals surface area contributed by atoms with E-state index in [1.807, 2.05) is 24.3 Å². The Bertz CT molecular complexity index is 138. The Morgan fingerprint density at radius 1 is 1.56 bits per heavy atom. The van der Waals surface area contributed by atoms with Gasteiger partial charge in [0.15, 0.2) is 0 Å². The molecule has 0 amide bonds. The van der Waals surface area contributed by atoms with Gasteiger partial charge < -0.3 is 4.55 Å². The van der Waals surface area contributed by atoms with Crippen molar-refractivity contribution in [2.75, 3.05) is 6.26 Å². The molecule has 0 N–H and O–H groups in total. The van der Waals surface area contributed by atoms with E-state index >= 15 is 0 Å². The normalized spacial score (nSPS) is 28.4. The predicted octanol–water partition coefficient (Wildman–Crippen LogP) is 1.25. The molecule has 0 aromatic carbocycles. The molecule has 1 aliphatic carbocycles. The summed E-state index contributed by atoms with van der Waals surface area (Å²) in [5.41, 5.74) is 0. The first-order valence-electron chi connectivity index (χ1n) is 2.96. The third kappa shape index (κ3) is 1.88. The Hall–Kier alpha value is -0.210. The second-order valence-corrected chi connectivity index (χ2v) is 3.69. The average Bonchev–Trinajstić information content (AvgIpc) is 1.90. The summed E-state index contributed by atoms with van der Waals surface area (Å²) in [4.78, 5) is 0. The summed E-state index contributed by atoms with van der Waals surface area (Å²) in [5, 5.41) is 0.259. The Morgan fingerprint density at radius 3 is 2.67 bits per heavy atom. The predicted molar refractivity (Wildman–Crippen MR) is 40.8 cm³/mol. The van der Waals surface area contributed by atoms with E-state index in [1.54, 1.807) is 6.26 Å². The van der Waals surface area contributed by atoms with Gasteiger partial charge in [-0.15, -0.1) is 0 Å². The molecule has 0 fully saturated rings. The van der Waals surface area contributed by atoms with E-state index < -0.39 is 11.2 Å². The fraction of sp³-hybridized carbons (Fsp3) is 0.429. The van der Waals surface area contributed by atoms with Crippen LogP contribution in [-0.4, -0.2) is 16.1 Å². The summed E-state index contributed by atoms with van der Waals surface area (Å²) in [6.07, 6.45) is 10.7. The monoisotopic (exact) mass is 142 g/mol. The van der Waals surface area contributed by atoms with Crippen molar-refractivity contribution in [3.63, 3.8) is 0 Å². The Balaban J connectivity index is 2.46. The first-order valence-corrected chi connectivity index (χ1v) is 4.58. The molecular formula is C7H10OS. The van der Waals surface area contributed by atoms with E-state index in [-0.39, 0.29) is 5.25 Å². The molecule has 0 radical (unpaired) electrons.